The number of nitrogens with zero attached hydrogens (tertiary/aromatic N) is 2. The van der Waals surface area contributed by atoms with Gasteiger partial charge >= 0.3 is 0 Å². The van der Waals surface area contributed by atoms with Crippen molar-refractivity contribution >= 4 is 44.8 Å². The third-order valence-electron chi connectivity index (χ3n) is 11.5. The van der Waals surface area contributed by atoms with Crippen molar-refractivity contribution in [2.45, 2.75) is 28.4 Å². The molecule has 258 valence electrons. The monoisotopic (exact) mass is 711 g/mol. The Labute approximate surface area is 319 Å². The van der Waals surface area contributed by atoms with E-state index >= 15 is 0 Å². The first kappa shape index (κ1) is 31.5. The minimum absolute atomic E-state index is 0.0975. The minimum Gasteiger partial charge on any atom is -0.332 e. The van der Waals surface area contributed by atoms with Gasteiger partial charge in [0.1, 0.15) is 12.3 Å². The maximum atomic E-state index is 3.83. The Balaban J connectivity index is 1.02. The summed E-state index contributed by atoms with van der Waals surface area (Å²) in [5, 5.41) is 6.77. The van der Waals surface area contributed by atoms with Crippen LogP contribution in [0.25, 0.3) is 44.2 Å². The van der Waals surface area contributed by atoms with Gasteiger partial charge in [-0.25, -0.2) is 0 Å². The molecule has 1 aromatic heterocycles. The van der Waals surface area contributed by atoms with Crippen molar-refractivity contribution in [3.8, 4) is 16.8 Å². The largest absolute Gasteiger partial charge is 0.332 e. The first-order chi connectivity index (χ1) is 26.8. The Hall–Kier alpha value is -6.07. The first-order valence-corrected chi connectivity index (χ1v) is 19.7. The quantitative estimate of drug-likeness (QED) is 0.185. The summed E-state index contributed by atoms with van der Waals surface area (Å²) in [6, 6.07) is 64.5. The highest BCUT2D eigenvalue weighted by atomic mass is 32.2. The summed E-state index contributed by atoms with van der Waals surface area (Å²) in [4.78, 5) is 3.88. The van der Waals surface area contributed by atoms with Crippen molar-refractivity contribution in [3.05, 3.63) is 216 Å². The second-order valence-corrected chi connectivity index (χ2v) is 15.7. The SMILES string of the molecule is C1=CC(c2ccc3c(c2)c2cc(-c4ccccc4)ccc2n3-c2ccc(N3C(c4ccccc4)NC3c3ccccc3)cc2)C2Sc3ccccc3C2=C1. The standard InChI is InChI=1S/C50H37N3S/c1-4-13-33(14-5-1)36-23-29-45-43(31-36)44-32-37(40-20-12-21-42-41-19-10-11-22-47(41)54-48(40)42)24-30-46(44)52(45)38-25-27-39(28-26-38)53-49(34-15-6-2-7-16-34)51-50(53)35-17-8-3-9-18-35/h1-32,40,48-51H. The first-order valence-electron chi connectivity index (χ1n) is 18.8. The molecule has 3 heterocycles. The fourth-order valence-electron chi connectivity index (χ4n) is 8.85. The van der Waals surface area contributed by atoms with E-state index in [4.69, 9.17) is 0 Å². The van der Waals surface area contributed by atoms with Gasteiger partial charge in [0, 0.05) is 38.2 Å². The summed E-state index contributed by atoms with van der Waals surface area (Å²) in [7, 11) is 0. The molecule has 2 aliphatic heterocycles. The maximum absolute atomic E-state index is 3.83. The predicted molar refractivity (Wildman–Crippen MR) is 226 cm³/mol. The summed E-state index contributed by atoms with van der Waals surface area (Å²) < 4.78 is 2.45. The van der Waals surface area contributed by atoms with E-state index in [0.29, 0.717) is 11.2 Å². The second-order valence-electron chi connectivity index (χ2n) is 14.5. The molecule has 11 rings (SSSR count). The van der Waals surface area contributed by atoms with Crippen LogP contribution in [0.1, 0.15) is 40.5 Å². The average Bonchev–Trinajstić information content (AvgIpc) is 3.77. The number of benzene rings is 7. The van der Waals surface area contributed by atoms with E-state index in [2.05, 4.69) is 209 Å². The van der Waals surface area contributed by atoms with Gasteiger partial charge in [-0.2, -0.15) is 0 Å². The van der Waals surface area contributed by atoms with Crippen LogP contribution in [0, 0.1) is 0 Å². The van der Waals surface area contributed by atoms with E-state index in [9.17, 15) is 0 Å². The Kier molecular flexibility index (Phi) is 7.46. The third-order valence-corrected chi connectivity index (χ3v) is 12.9. The van der Waals surface area contributed by atoms with E-state index in [0.717, 1.165) is 5.69 Å². The van der Waals surface area contributed by atoms with Gasteiger partial charge in [0.25, 0.3) is 0 Å². The van der Waals surface area contributed by atoms with Crippen LogP contribution in [0.15, 0.2) is 199 Å². The van der Waals surface area contributed by atoms with Gasteiger partial charge in [0.15, 0.2) is 0 Å². The smallest absolute Gasteiger partial charge is 0.109 e. The molecule has 0 bridgehead atoms. The summed E-state index contributed by atoms with van der Waals surface area (Å²) in [6.45, 7) is 0. The van der Waals surface area contributed by atoms with Crippen LogP contribution < -0.4 is 10.2 Å². The lowest BCUT2D eigenvalue weighted by Gasteiger charge is -2.51. The van der Waals surface area contributed by atoms with E-state index in [1.54, 1.807) is 0 Å². The molecule has 8 aromatic rings. The normalized spacial score (nSPS) is 20.1. The number of thioether (sulfide) groups is 1. The summed E-state index contributed by atoms with van der Waals surface area (Å²) in [5.74, 6) is 0.294. The van der Waals surface area contributed by atoms with Gasteiger partial charge in [0.2, 0.25) is 0 Å². The third kappa shape index (κ3) is 5.09. The van der Waals surface area contributed by atoms with Gasteiger partial charge in [-0.1, -0.05) is 140 Å². The number of fused-ring (bicyclic) bond motifs is 6. The molecule has 4 atom stereocenters. The highest BCUT2D eigenvalue weighted by Crippen LogP contribution is 2.53. The molecular formula is C50H37N3S. The summed E-state index contributed by atoms with van der Waals surface area (Å²) >= 11 is 2.01. The molecule has 1 fully saturated rings. The molecule has 54 heavy (non-hydrogen) atoms. The highest BCUT2D eigenvalue weighted by Gasteiger charge is 2.39. The molecule has 0 radical (unpaired) electrons. The Morgan fingerprint density at radius 1 is 0.500 bits per heavy atom. The fourth-order valence-corrected chi connectivity index (χ4v) is 10.3. The molecule has 4 unspecified atom stereocenters. The van der Waals surface area contributed by atoms with Gasteiger partial charge in [-0.15, -0.1) is 11.8 Å². The Morgan fingerprint density at radius 3 is 1.83 bits per heavy atom. The zero-order chi connectivity index (χ0) is 35.6. The highest BCUT2D eigenvalue weighted by molar-refractivity contribution is 8.01. The number of anilines is 1. The predicted octanol–water partition coefficient (Wildman–Crippen LogP) is 12.5. The van der Waals surface area contributed by atoms with Gasteiger partial charge in [-0.05, 0) is 93.6 Å². The molecule has 4 heteroatoms. The van der Waals surface area contributed by atoms with E-state index < -0.39 is 0 Å². The van der Waals surface area contributed by atoms with Crippen molar-refractivity contribution in [2.24, 2.45) is 0 Å². The molecule has 1 aliphatic carbocycles. The molecule has 0 saturated carbocycles. The lowest BCUT2D eigenvalue weighted by atomic mass is 9.85. The Bertz CT molecular complexity index is 2690. The molecule has 0 spiro atoms. The zero-order valence-electron chi connectivity index (χ0n) is 29.6. The Morgan fingerprint density at radius 2 is 1.11 bits per heavy atom. The fraction of sp³-hybridized carbons (Fsp3) is 0.0800. The van der Waals surface area contributed by atoms with E-state index in [-0.39, 0.29) is 12.3 Å². The van der Waals surface area contributed by atoms with Gasteiger partial charge < -0.3 is 9.47 Å². The topological polar surface area (TPSA) is 20.2 Å². The summed E-state index contributed by atoms with van der Waals surface area (Å²) in [5.41, 5.74) is 14.0. The van der Waals surface area contributed by atoms with Crippen LogP contribution in [0.2, 0.25) is 0 Å². The van der Waals surface area contributed by atoms with Crippen LogP contribution in [-0.4, -0.2) is 9.82 Å². The van der Waals surface area contributed by atoms with Crippen molar-refractivity contribution in [1.82, 2.24) is 9.88 Å². The molecule has 3 aliphatic rings. The van der Waals surface area contributed by atoms with Gasteiger partial charge in [0.05, 0.1) is 11.0 Å². The summed E-state index contributed by atoms with van der Waals surface area (Å²) in [6.07, 6.45) is 7.18. The van der Waals surface area contributed by atoms with Crippen molar-refractivity contribution in [3.63, 3.8) is 0 Å². The van der Waals surface area contributed by atoms with Crippen molar-refractivity contribution in [1.29, 1.82) is 0 Å². The number of hydrogen-bond donors (Lipinski definition) is 1. The number of aromatic nitrogens is 1. The van der Waals surface area contributed by atoms with Crippen LogP contribution in [0.3, 0.4) is 0 Å². The van der Waals surface area contributed by atoms with Gasteiger partial charge in [-0.3, -0.25) is 5.32 Å². The molecule has 7 aromatic carbocycles. The maximum Gasteiger partial charge on any atom is 0.109 e. The van der Waals surface area contributed by atoms with E-state index in [1.807, 2.05) is 11.8 Å². The molecule has 1 saturated heterocycles. The van der Waals surface area contributed by atoms with E-state index in [1.165, 1.54) is 71.3 Å². The van der Waals surface area contributed by atoms with Crippen LogP contribution in [0.5, 0.6) is 0 Å². The van der Waals surface area contributed by atoms with Crippen molar-refractivity contribution in [2.75, 3.05) is 4.90 Å². The lowest BCUT2D eigenvalue weighted by molar-refractivity contribution is 0.276. The molecule has 0 amide bonds. The van der Waals surface area contributed by atoms with Crippen LogP contribution >= 0.6 is 11.8 Å². The zero-order valence-corrected chi connectivity index (χ0v) is 30.4. The number of allylic oxidation sites excluding steroid dienone is 3. The molecule has 1 N–H and O–H groups in total. The average molecular weight is 712 g/mol. The van der Waals surface area contributed by atoms with Crippen LogP contribution in [-0.2, 0) is 0 Å². The molecule has 3 nitrogen and oxygen atoms in total. The molecular weight excluding hydrogens is 675 g/mol. The lowest BCUT2D eigenvalue weighted by Crippen LogP contribution is -2.57. The van der Waals surface area contributed by atoms with Crippen LogP contribution in [0.4, 0.5) is 5.69 Å². The minimum atomic E-state index is 0.0975. The number of nitrogens with one attached hydrogen (secondary N) is 1. The van der Waals surface area contributed by atoms with Crippen molar-refractivity contribution < 1.29 is 0 Å². The number of hydrogen-bond acceptors (Lipinski definition) is 3. The number of rotatable bonds is 6. The second kappa shape index (κ2) is 12.8.